The van der Waals surface area contributed by atoms with Crippen LogP contribution < -0.4 is 0 Å². The molecule has 0 radical (unpaired) electrons. The Morgan fingerprint density at radius 3 is 2.24 bits per heavy atom. The average Bonchev–Trinajstić information content (AvgIpc) is 2.31. The van der Waals surface area contributed by atoms with Gasteiger partial charge in [0.25, 0.3) is 0 Å². The minimum atomic E-state index is -0.991. The maximum Gasteiger partial charge on any atom is 0.308 e. The lowest BCUT2D eigenvalue weighted by Gasteiger charge is -2.13. The normalized spacial score (nSPS) is 14.4. The highest BCUT2D eigenvalue weighted by molar-refractivity contribution is 5.69. The van der Waals surface area contributed by atoms with Crippen molar-refractivity contribution < 1.29 is 19.7 Å². The van der Waals surface area contributed by atoms with Crippen LogP contribution in [0.25, 0.3) is 0 Å². The maximum absolute atomic E-state index is 11.3. The zero-order chi connectivity index (χ0) is 13.1. The predicted octanol–water partition coefficient (Wildman–Crippen LogP) is 2.37. The van der Waals surface area contributed by atoms with Crippen molar-refractivity contribution in [2.45, 2.75) is 77.6 Å². The maximum atomic E-state index is 11.3. The van der Waals surface area contributed by atoms with Gasteiger partial charge in [0.1, 0.15) is 0 Å². The molecule has 0 aliphatic carbocycles. The predicted molar refractivity (Wildman–Crippen MR) is 66.4 cm³/mol. The van der Waals surface area contributed by atoms with Crippen LogP contribution in [0.1, 0.15) is 65.2 Å². The quantitative estimate of drug-likeness (QED) is 0.459. The number of aliphatic hydroxyl groups excluding tert-OH is 2. The molecule has 0 aromatic carbocycles. The molecule has 4 heteroatoms. The van der Waals surface area contributed by atoms with Gasteiger partial charge in [-0.05, 0) is 19.3 Å². The fourth-order valence-corrected chi connectivity index (χ4v) is 1.52. The van der Waals surface area contributed by atoms with E-state index in [9.17, 15) is 15.0 Å². The number of esters is 1. The summed E-state index contributed by atoms with van der Waals surface area (Å²) in [7, 11) is 0. The Balaban J connectivity index is 3.57. The van der Waals surface area contributed by atoms with E-state index in [1.54, 1.807) is 0 Å². The van der Waals surface area contributed by atoms with Crippen LogP contribution in [0.15, 0.2) is 0 Å². The summed E-state index contributed by atoms with van der Waals surface area (Å²) in [5.41, 5.74) is 0. The van der Waals surface area contributed by atoms with Gasteiger partial charge >= 0.3 is 5.97 Å². The first-order valence-electron chi connectivity index (χ1n) is 6.65. The molecule has 2 N–H and O–H groups in total. The smallest absolute Gasteiger partial charge is 0.308 e. The van der Waals surface area contributed by atoms with Gasteiger partial charge < -0.3 is 14.9 Å². The van der Waals surface area contributed by atoms with Gasteiger partial charge in [-0.15, -0.1) is 0 Å². The van der Waals surface area contributed by atoms with Crippen LogP contribution >= 0.6 is 0 Å². The number of carbonyl (C=O) groups excluding carboxylic acids is 1. The van der Waals surface area contributed by atoms with E-state index in [0.29, 0.717) is 12.8 Å². The molecule has 0 heterocycles. The summed E-state index contributed by atoms with van der Waals surface area (Å²) in [4.78, 5) is 11.3. The number of hydrogen-bond acceptors (Lipinski definition) is 4. The second-order valence-corrected chi connectivity index (χ2v) is 4.42. The molecule has 0 fully saturated rings. The van der Waals surface area contributed by atoms with Gasteiger partial charge in [0, 0.05) is 12.8 Å². The van der Waals surface area contributed by atoms with Crippen molar-refractivity contribution >= 4 is 5.97 Å². The summed E-state index contributed by atoms with van der Waals surface area (Å²) < 4.78 is 4.81. The van der Waals surface area contributed by atoms with Gasteiger partial charge in [-0.2, -0.15) is 0 Å². The molecule has 4 nitrogen and oxygen atoms in total. The summed E-state index contributed by atoms with van der Waals surface area (Å²) in [6, 6.07) is 0. The molecule has 0 aliphatic heterocycles. The lowest BCUT2D eigenvalue weighted by Crippen LogP contribution is -2.19. The van der Waals surface area contributed by atoms with E-state index in [1.807, 2.05) is 6.92 Å². The van der Waals surface area contributed by atoms with Crippen LogP contribution in [0.3, 0.4) is 0 Å². The average molecular weight is 246 g/mol. The molecule has 0 amide bonds. The molecular formula is C13H26O4. The number of rotatable bonds is 10. The molecule has 0 spiro atoms. The van der Waals surface area contributed by atoms with Gasteiger partial charge in [-0.1, -0.05) is 33.1 Å². The van der Waals surface area contributed by atoms with Crippen molar-refractivity contribution in [3.63, 3.8) is 0 Å². The Hall–Kier alpha value is -0.610. The van der Waals surface area contributed by atoms with Crippen LogP contribution in [0.2, 0.25) is 0 Å². The monoisotopic (exact) mass is 246 g/mol. The Bertz CT molecular complexity index is 194. The third kappa shape index (κ3) is 10.3. The lowest BCUT2D eigenvalue weighted by atomic mass is 10.1. The van der Waals surface area contributed by atoms with Gasteiger partial charge in [-0.3, -0.25) is 4.79 Å². The standard InChI is InChI=1S/C13H26O4/c1-3-5-7-11(14)9-10-13(16)17-12(15)8-6-4-2/h11-12,14-15H,3-10H2,1-2H3. The SMILES string of the molecule is CCCCC(O)CCC(=O)OC(O)CCCC. The summed E-state index contributed by atoms with van der Waals surface area (Å²) in [6.45, 7) is 4.07. The minimum Gasteiger partial charge on any atom is -0.436 e. The van der Waals surface area contributed by atoms with Crippen LogP contribution in [0.4, 0.5) is 0 Å². The first kappa shape index (κ1) is 16.4. The van der Waals surface area contributed by atoms with Gasteiger partial charge in [-0.25, -0.2) is 0 Å². The third-order valence-corrected chi connectivity index (χ3v) is 2.64. The Labute approximate surface area is 104 Å². The Kier molecular flexibility index (Phi) is 10.2. The summed E-state index contributed by atoms with van der Waals surface area (Å²) in [5, 5.41) is 18.9. The number of unbranched alkanes of at least 4 members (excludes halogenated alkanes) is 2. The van der Waals surface area contributed by atoms with Crippen molar-refractivity contribution in [1.29, 1.82) is 0 Å². The highest BCUT2D eigenvalue weighted by Gasteiger charge is 2.12. The second kappa shape index (κ2) is 10.5. The van der Waals surface area contributed by atoms with Crippen LogP contribution in [0, 0.1) is 0 Å². The fraction of sp³-hybridized carbons (Fsp3) is 0.923. The van der Waals surface area contributed by atoms with Crippen LogP contribution in [0.5, 0.6) is 0 Å². The van der Waals surface area contributed by atoms with Crippen molar-refractivity contribution in [2.75, 3.05) is 0 Å². The van der Waals surface area contributed by atoms with Crippen LogP contribution in [-0.4, -0.2) is 28.6 Å². The number of aliphatic hydroxyl groups is 2. The molecule has 0 saturated carbocycles. The molecule has 0 bridgehead atoms. The Morgan fingerprint density at radius 2 is 1.65 bits per heavy atom. The first-order chi connectivity index (χ1) is 8.10. The van der Waals surface area contributed by atoms with E-state index in [0.717, 1.165) is 32.1 Å². The molecule has 17 heavy (non-hydrogen) atoms. The first-order valence-corrected chi connectivity index (χ1v) is 6.65. The van der Waals surface area contributed by atoms with E-state index in [4.69, 9.17) is 4.74 Å². The molecule has 0 aromatic heterocycles. The van der Waals surface area contributed by atoms with Crippen molar-refractivity contribution in [2.24, 2.45) is 0 Å². The molecule has 0 aliphatic rings. The Morgan fingerprint density at radius 1 is 1.06 bits per heavy atom. The fourth-order valence-electron chi connectivity index (χ4n) is 1.52. The second-order valence-electron chi connectivity index (χ2n) is 4.42. The van der Waals surface area contributed by atoms with E-state index < -0.39 is 18.4 Å². The molecule has 102 valence electrons. The summed E-state index contributed by atoms with van der Waals surface area (Å²) >= 11 is 0. The lowest BCUT2D eigenvalue weighted by molar-refractivity contribution is -0.169. The van der Waals surface area contributed by atoms with Gasteiger partial charge in [0.05, 0.1) is 6.10 Å². The van der Waals surface area contributed by atoms with Crippen molar-refractivity contribution in [3.8, 4) is 0 Å². The van der Waals surface area contributed by atoms with Crippen LogP contribution in [-0.2, 0) is 9.53 Å². The van der Waals surface area contributed by atoms with E-state index in [2.05, 4.69) is 6.92 Å². The molecule has 0 rings (SSSR count). The molecule has 2 unspecified atom stereocenters. The largest absolute Gasteiger partial charge is 0.436 e. The van der Waals surface area contributed by atoms with E-state index >= 15 is 0 Å². The van der Waals surface area contributed by atoms with Crippen molar-refractivity contribution in [1.82, 2.24) is 0 Å². The van der Waals surface area contributed by atoms with Gasteiger partial charge in [0.15, 0.2) is 0 Å². The molecule has 0 saturated heterocycles. The zero-order valence-electron chi connectivity index (χ0n) is 11.0. The zero-order valence-corrected chi connectivity index (χ0v) is 11.0. The van der Waals surface area contributed by atoms with Gasteiger partial charge in [0.2, 0.25) is 6.29 Å². The molecular weight excluding hydrogens is 220 g/mol. The topological polar surface area (TPSA) is 66.8 Å². The van der Waals surface area contributed by atoms with E-state index in [-0.39, 0.29) is 6.42 Å². The number of ether oxygens (including phenoxy) is 1. The number of carbonyl (C=O) groups is 1. The van der Waals surface area contributed by atoms with Crippen molar-refractivity contribution in [3.05, 3.63) is 0 Å². The summed E-state index contributed by atoms with van der Waals surface area (Å²) in [5.74, 6) is -0.427. The molecule has 0 aromatic rings. The highest BCUT2D eigenvalue weighted by atomic mass is 16.6. The molecule has 2 atom stereocenters. The number of hydrogen-bond donors (Lipinski definition) is 2. The minimum absolute atomic E-state index is 0.175. The summed E-state index contributed by atoms with van der Waals surface area (Å²) in [6.07, 6.45) is 4.19. The third-order valence-electron chi connectivity index (χ3n) is 2.64. The van der Waals surface area contributed by atoms with E-state index in [1.165, 1.54) is 0 Å². The highest BCUT2D eigenvalue weighted by Crippen LogP contribution is 2.09.